The summed E-state index contributed by atoms with van der Waals surface area (Å²) in [5.74, 6) is 0.950. The molecule has 0 radical (unpaired) electrons. The molecule has 0 spiro atoms. The lowest BCUT2D eigenvalue weighted by molar-refractivity contribution is 0.412. The van der Waals surface area contributed by atoms with Crippen LogP contribution in [0.5, 0.6) is 5.75 Å². The summed E-state index contributed by atoms with van der Waals surface area (Å²) < 4.78 is 5.37. The number of aryl methyl sites for hydroxylation is 2. The Balaban J connectivity index is 1.80. The van der Waals surface area contributed by atoms with Crippen molar-refractivity contribution in [2.45, 2.75) is 38.8 Å². The van der Waals surface area contributed by atoms with Gasteiger partial charge in [-0.05, 0) is 61.1 Å². The van der Waals surface area contributed by atoms with Crippen molar-refractivity contribution in [1.82, 2.24) is 5.32 Å². The molecule has 3 rings (SSSR count). The standard InChI is InChI=1S/C19H23NO/c1-13-6-4-5-7-17(13)14(2)20-19-11-9-15-8-10-16(21-3)12-18(15)19/h4-8,10,12,14,19-20H,9,11H2,1-3H3/t14-,19?/m1/s1. The highest BCUT2D eigenvalue weighted by Gasteiger charge is 2.24. The Labute approximate surface area is 127 Å². The molecule has 0 amide bonds. The Bertz CT molecular complexity index is 635. The fourth-order valence-electron chi connectivity index (χ4n) is 3.34. The maximum atomic E-state index is 5.37. The van der Waals surface area contributed by atoms with Gasteiger partial charge >= 0.3 is 0 Å². The molecule has 0 aromatic heterocycles. The van der Waals surface area contributed by atoms with Gasteiger partial charge in [-0.2, -0.15) is 0 Å². The molecule has 0 aliphatic heterocycles. The lowest BCUT2D eigenvalue weighted by atomic mass is 10.0. The minimum Gasteiger partial charge on any atom is -0.497 e. The predicted molar refractivity (Wildman–Crippen MR) is 86.8 cm³/mol. The zero-order chi connectivity index (χ0) is 14.8. The zero-order valence-electron chi connectivity index (χ0n) is 13.0. The summed E-state index contributed by atoms with van der Waals surface area (Å²) in [6.07, 6.45) is 2.32. The molecule has 1 N–H and O–H groups in total. The molecule has 2 atom stereocenters. The van der Waals surface area contributed by atoms with Crippen molar-refractivity contribution in [1.29, 1.82) is 0 Å². The van der Waals surface area contributed by atoms with Crippen LogP contribution in [0.15, 0.2) is 42.5 Å². The maximum Gasteiger partial charge on any atom is 0.119 e. The van der Waals surface area contributed by atoms with Gasteiger partial charge in [-0.25, -0.2) is 0 Å². The van der Waals surface area contributed by atoms with E-state index in [1.54, 1.807) is 7.11 Å². The van der Waals surface area contributed by atoms with E-state index < -0.39 is 0 Å². The molecule has 21 heavy (non-hydrogen) atoms. The van der Waals surface area contributed by atoms with Crippen LogP contribution in [0, 0.1) is 6.92 Å². The second kappa shape index (κ2) is 5.90. The third-order valence-electron chi connectivity index (χ3n) is 4.54. The van der Waals surface area contributed by atoms with Crippen LogP contribution >= 0.6 is 0 Å². The molecular weight excluding hydrogens is 258 g/mol. The molecule has 0 saturated carbocycles. The van der Waals surface area contributed by atoms with Gasteiger partial charge in [-0.1, -0.05) is 30.3 Å². The summed E-state index contributed by atoms with van der Waals surface area (Å²) in [6, 6.07) is 15.8. The van der Waals surface area contributed by atoms with Gasteiger partial charge in [0, 0.05) is 12.1 Å². The van der Waals surface area contributed by atoms with E-state index in [-0.39, 0.29) is 0 Å². The molecule has 2 aromatic carbocycles. The summed E-state index contributed by atoms with van der Waals surface area (Å²) in [5.41, 5.74) is 5.58. The monoisotopic (exact) mass is 281 g/mol. The molecule has 2 nitrogen and oxygen atoms in total. The second-order valence-corrected chi connectivity index (χ2v) is 5.90. The van der Waals surface area contributed by atoms with Gasteiger partial charge in [-0.15, -0.1) is 0 Å². The van der Waals surface area contributed by atoms with Gasteiger partial charge in [0.2, 0.25) is 0 Å². The Morgan fingerprint density at radius 1 is 1.19 bits per heavy atom. The normalized spacial score (nSPS) is 18.3. The zero-order valence-corrected chi connectivity index (χ0v) is 13.0. The summed E-state index contributed by atoms with van der Waals surface area (Å²) in [7, 11) is 1.73. The number of fused-ring (bicyclic) bond motifs is 1. The second-order valence-electron chi connectivity index (χ2n) is 5.90. The van der Waals surface area contributed by atoms with E-state index in [0.29, 0.717) is 12.1 Å². The highest BCUT2D eigenvalue weighted by Crippen LogP contribution is 2.35. The number of hydrogen-bond donors (Lipinski definition) is 1. The SMILES string of the molecule is COc1ccc2c(c1)C(N[C@H](C)c1ccccc1C)CC2. The van der Waals surface area contributed by atoms with E-state index in [2.05, 4.69) is 61.6 Å². The Morgan fingerprint density at radius 2 is 2.00 bits per heavy atom. The molecular formula is C19H23NO. The first-order valence-corrected chi connectivity index (χ1v) is 7.67. The molecule has 2 heteroatoms. The summed E-state index contributed by atoms with van der Waals surface area (Å²) in [6.45, 7) is 4.43. The topological polar surface area (TPSA) is 21.3 Å². The van der Waals surface area contributed by atoms with Crippen LogP contribution in [0.3, 0.4) is 0 Å². The average molecular weight is 281 g/mol. The molecule has 0 bridgehead atoms. The summed E-state index contributed by atoms with van der Waals surface area (Å²) >= 11 is 0. The molecule has 1 aliphatic rings. The number of benzene rings is 2. The third-order valence-corrected chi connectivity index (χ3v) is 4.54. The number of methoxy groups -OCH3 is 1. The smallest absolute Gasteiger partial charge is 0.119 e. The Hall–Kier alpha value is -1.80. The van der Waals surface area contributed by atoms with Gasteiger partial charge in [0.15, 0.2) is 0 Å². The van der Waals surface area contributed by atoms with Crippen LogP contribution in [0.4, 0.5) is 0 Å². The highest BCUT2D eigenvalue weighted by atomic mass is 16.5. The molecule has 0 saturated heterocycles. The van der Waals surface area contributed by atoms with Gasteiger partial charge in [-0.3, -0.25) is 0 Å². The summed E-state index contributed by atoms with van der Waals surface area (Å²) in [5, 5.41) is 3.79. The molecule has 0 heterocycles. The van der Waals surface area contributed by atoms with Crippen molar-refractivity contribution in [3.05, 3.63) is 64.7 Å². The number of ether oxygens (including phenoxy) is 1. The first-order chi connectivity index (χ1) is 10.2. The van der Waals surface area contributed by atoms with Crippen molar-refractivity contribution < 1.29 is 4.74 Å². The molecule has 110 valence electrons. The Morgan fingerprint density at radius 3 is 2.76 bits per heavy atom. The van der Waals surface area contributed by atoms with Gasteiger partial charge in [0.05, 0.1) is 7.11 Å². The minimum absolute atomic E-state index is 0.355. The maximum absolute atomic E-state index is 5.37. The van der Waals surface area contributed by atoms with Crippen molar-refractivity contribution in [3.8, 4) is 5.75 Å². The highest BCUT2D eigenvalue weighted by molar-refractivity contribution is 5.41. The van der Waals surface area contributed by atoms with E-state index in [1.807, 2.05) is 0 Å². The first kappa shape index (κ1) is 14.2. The minimum atomic E-state index is 0.355. The lowest BCUT2D eigenvalue weighted by Gasteiger charge is -2.22. The first-order valence-electron chi connectivity index (χ1n) is 7.67. The molecule has 1 unspecified atom stereocenters. The van der Waals surface area contributed by atoms with Crippen LogP contribution in [-0.2, 0) is 6.42 Å². The van der Waals surface area contributed by atoms with Gasteiger partial charge in [0.1, 0.15) is 5.75 Å². The molecule has 2 aromatic rings. The number of hydrogen-bond acceptors (Lipinski definition) is 2. The fraction of sp³-hybridized carbons (Fsp3) is 0.368. The van der Waals surface area contributed by atoms with Crippen molar-refractivity contribution in [2.24, 2.45) is 0 Å². The molecule has 0 fully saturated rings. The Kier molecular flexibility index (Phi) is 3.98. The number of nitrogens with one attached hydrogen (secondary N) is 1. The van der Waals surface area contributed by atoms with Crippen molar-refractivity contribution in [3.63, 3.8) is 0 Å². The van der Waals surface area contributed by atoms with Crippen LogP contribution in [-0.4, -0.2) is 7.11 Å². The lowest BCUT2D eigenvalue weighted by Crippen LogP contribution is -2.23. The molecule has 1 aliphatic carbocycles. The fourth-order valence-corrected chi connectivity index (χ4v) is 3.34. The van der Waals surface area contributed by atoms with E-state index >= 15 is 0 Å². The van der Waals surface area contributed by atoms with Crippen LogP contribution in [0.25, 0.3) is 0 Å². The van der Waals surface area contributed by atoms with E-state index in [9.17, 15) is 0 Å². The van der Waals surface area contributed by atoms with Gasteiger partial charge < -0.3 is 10.1 Å². The quantitative estimate of drug-likeness (QED) is 0.900. The van der Waals surface area contributed by atoms with E-state index in [4.69, 9.17) is 4.74 Å². The van der Waals surface area contributed by atoms with Crippen LogP contribution < -0.4 is 10.1 Å². The largest absolute Gasteiger partial charge is 0.497 e. The van der Waals surface area contributed by atoms with E-state index in [0.717, 1.165) is 12.2 Å². The average Bonchev–Trinajstić information content (AvgIpc) is 2.90. The summed E-state index contributed by atoms with van der Waals surface area (Å²) in [4.78, 5) is 0. The van der Waals surface area contributed by atoms with Crippen LogP contribution in [0.2, 0.25) is 0 Å². The van der Waals surface area contributed by atoms with Crippen molar-refractivity contribution in [2.75, 3.05) is 7.11 Å². The number of rotatable bonds is 4. The van der Waals surface area contributed by atoms with E-state index in [1.165, 1.54) is 28.7 Å². The third kappa shape index (κ3) is 2.81. The van der Waals surface area contributed by atoms with Crippen molar-refractivity contribution >= 4 is 0 Å². The van der Waals surface area contributed by atoms with Crippen LogP contribution in [0.1, 0.15) is 47.7 Å². The predicted octanol–water partition coefficient (Wildman–Crippen LogP) is 4.34. The van der Waals surface area contributed by atoms with Gasteiger partial charge in [0.25, 0.3) is 0 Å².